The summed E-state index contributed by atoms with van der Waals surface area (Å²) < 4.78 is 1.77. The molecule has 2 N–H and O–H groups in total. The molecule has 0 spiro atoms. The number of amides is 1. The second kappa shape index (κ2) is 6.87. The maximum Gasteiger partial charge on any atom is 0.241 e. The molecule has 1 fully saturated rings. The third kappa shape index (κ3) is 3.56. The Balaban J connectivity index is 1.77. The lowest BCUT2D eigenvalue weighted by Gasteiger charge is -2.22. The average molecular weight is 314 g/mol. The van der Waals surface area contributed by atoms with Gasteiger partial charge in [-0.05, 0) is 55.8 Å². The van der Waals surface area contributed by atoms with Crippen LogP contribution in [0.5, 0.6) is 0 Å². The number of aromatic nitrogens is 4. The van der Waals surface area contributed by atoms with Crippen molar-refractivity contribution in [2.45, 2.75) is 45.2 Å². The van der Waals surface area contributed by atoms with E-state index in [-0.39, 0.29) is 18.0 Å². The molecule has 0 saturated carbocycles. The summed E-state index contributed by atoms with van der Waals surface area (Å²) in [6.07, 6.45) is 3.11. The Morgan fingerprint density at radius 1 is 1.39 bits per heavy atom. The van der Waals surface area contributed by atoms with Gasteiger partial charge in [0.05, 0.1) is 12.1 Å². The monoisotopic (exact) mass is 314 g/mol. The molecule has 1 amide bonds. The van der Waals surface area contributed by atoms with E-state index in [1.165, 1.54) is 0 Å². The number of benzene rings is 1. The van der Waals surface area contributed by atoms with E-state index < -0.39 is 0 Å². The van der Waals surface area contributed by atoms with Crippen LogP contribution in [0, 0.1) is 0 Å². The summed E-state index contributed by atoms with van der Waals surface area (Å²) in [7, 11) is 0. The van der Waals surface area contributed by atoms with E-state index in [4.69, 9.17) is 0 Å². The van der Waals surface area contributed by atoms with Crippen LogP contribution in [-0.4, -0.2) is 38.7 Å². The number of carbonyl (C=O) groups is 1. The van der Waals surface area contributed by atoms with Gasteiger partial charge in [-0.15, -0.1) is 5.10 Å². The summed E-state index contributed by atoms with van der Waals surface area (Å²) in [6.45, 7) is 4.96. The van der Waals surface area contributed by atoms with E-state index >= 15 is 0 Å². The van der Waals surface area contributed by atoms with Crippen LogP contribution in [0.15, 0.2) is 24.3 Å². The van der Waals surface area contributed by atoms with Crippen molar-refractivity contribution >= 4 is 11.6 Å². The van der Waals surface area contributed by atoms with Gasteiger partial charge in [-0.2, -0.15) is 0 Å². The smallest absolute Gasteiger partial charge is 0.241 e. The van der Waals surface area contributed by atoms with Gasteiger partial charge >= 0.3 is 0 Å². The Bertz CT molecular complexity index is 675. The van der Waals surface area contributed by atoms with Gasteiger partial charge in [0.15, 0.2) is 5.82 Å². The number of hydrogen-bond acceptors (Lipinski definition) is 5. The highest BCUT2D eigenvalue weighted by Crippen LogP contribution is 2.22. The fraction of sp³-hybridized carbons (Fsp3) is 0.500. The minimum Gasteiger partial charge on any atom is -0.325 e. The largest absolute Gasteiger partial charge is 0.325 e. The Labute approximate surface area is 135 Å². The Morgan fingerprint density at radius 3 is 3.00 bits per heavy atom. The molecule has 1 aliphatic heterocycles. The molecule has 0 aliphatic carbocycles. The van der Waals surface area contributed by atoms with Crippen LogP contribution < -0.4 is 10.6 Å². The van der Waals surface area contributed by atoms with Gasteiger partial charge in [-0.25, -0.2) is 4.68 Å². The molecule has 0 radical (unpaired) electrons. The van der Waals surface area contributed by atoms with Crippen molar-refractivity contribution in [3.05, 3.63) is 24.3 Å². The Morgan fingerprint density at radius 2 is 2.26 bits per heavy atom. The predicted octanol–water partition coefficient (Wildman–Crippen LogP) is 2.00. The fourth-order valence-corrected chi connectivity index (χ4v) is 2.77. The van der Waals surface area contributed by atoms with E-state index in [0.29, 0.717) is 5.82 Å². The molecule has 1 aromatic carbocycles. The van der Waals surface area contributed by atoms with Crippen LogP contribution >= 0.6 is 0 Å². The van der Waals surface area contributed by atoms with Crippen molar-refractivity contribution in [2.24, 2.45) is 0 Å². The van der Waals surface area contributed by atoms with Crippen molar-refractivity contribution in [3.8, 4) is 11.4 Å². The Kier molecular flexibility index (Phi) is 4.66. The number of hydrogen-bond donors (Lipinski definition) is 2. The molecule has 1 atom stereocenters. The molecule has 7 heteroatoms. The molecule has 23 heavy (non-hydrogen) atoms. The predicted molar refractivity (Wildman–Crippen MR) is 87.9 cm³/mol. The molecule has 1 unspecified atom stereocenters. The summed E-state index contributed by atoms with van der Waals surface area (Å²) in [5.74, 6) is 0.720. The van der Waals surface area contributed by atoms with E-state index in [2.05, 4.69) is 26.2 Å². The second-order valence-corrected chi connectivity index (χ2v) is 6.11. The Hall–Kier alpha value is -2.28. The highest BCUT2D eigenvalue weighted by molar-refractivity contribution is 5.95. The van der Waals surface area contributed by atoms with Crippen molar-refractivity contribution in [2.75, 3.05) is 11.9 Å². The highest BCUT2D eigenvalue weighted by atomic mass is 16.2. The van der Waals surface area contributed by atoms with Gasteiger partial charge < -0.3 is 10.6 Å². The summed E-state index contributed by atoms with van der Waals surface area (Å²) in [5, 5.41) is 18.1. The lowest BCUT2D eigenvalue weighted by atomic mass is 10.0. The zero-order chi connectivity index (χ0) is 16.2. The molecule has 122 valence electrons. The second-order valence-electron chi connectivity index (χ2n) is 6.11. The van der Waals surface area contributed by atoms with Gasteiger partial charge in [-0.1, -0.05) is 18.6 Å². The highest BCUT2D eigenvalue weighted by Gasteiger charge is 2.20. The molecule has 3 rings (SSSR count). The van der Waals surface area contributed by atoms with Gasteiger partial charge in [0.25, 0.3) is 0 Å². The van der Waals surface area contributed by atoms with Gasteiger partial charge in [-0.3, -0.25) is 4.79 Å². The lowest BCUT2D eigenvalue weighted by molar-refractivity contribution is -0.118. The van der Waals surface area contributed by atoms with Crippen LogP contribution in [0.3, 0.4) is 0 Å². The van der Waals surface area contributed by atoms with Crippen LogP contribution in [-0.2, 0) is 4.79 Å². The molecule has 1 aliphatic rings. The molecular formula is C16H22N6O. The number of nitrogens with zero attached hydrogens (tertiary/aromatic N) is 4. The fourth-order valence-electron chi connectivity index (χ4n) is 2.77. The maximum absolute atomic E-state index is 12.3. The number of tetrazole rings is 1. The normalized spacial score (nSPS) is 18.1. The molecule has 2 aromatic rings. The zero-order valence-corrected chi connectivity index (χ0v) is 13.5. The van der Waals surface area contributed by atoms with Crippen molar-refractivity contribution in [3.63, 3.8) is 0 Å². The van der Waals surface area contributed by atoms with E-state index in [9.17, 15) is 4.79 Å². The minimum atomic E-state index is -0.103. The first-order valence-electron chi connectivity index (χ1n) is 8.07. The van der Waals surface area contributed by atoms with Gasteiger partial charge in [0, 0.05) is 11.3 Å². The van der Waals surface area contributed by atoms with E-state index in [0.717, 1.165) is 37.1 Å². The van der Waals surface area contributed by atoms with E-state index in [1.54, 1.807) is 4.68 Å². The molecule has 7 nitrogen and oxygen atoms in total. The van der Waals surface area contributed by atoms with Crippen molar-refractivity contribution < 1.29 is 4.79 Å². The topological polar surface area (TPSA) is 84.7 Å². The van der Waals surface area contributed by atoms with Gasteiger partial charge in [0.2, 0.25) is 5.91 Å². The number of piperidine rings is 1. The van der Waals surface area contributed by atoms with Crippen molar-refractivity contribution in [1.29, 1.82) is 0 Å². The van der Waals surface area contributed by atoms with Crippen molar-refractivity contribution in [1.82, 2.24) is 25.5 Å². The van der Waals surface area contributed by atoms with Crippen LogP contribution in [0.4, 0.5) is 5.69 Å². The third-order valence-corrected chi connectivity index (χ3v) is 4.00. The molecule has 2 heterocycles. The maximum atomic E-state index is 12.3. The molecular weight excluding hydrogens is 292 g/mol. The number of nitrogens with one attached hydrogen (secondary N) is 2. The first-order chi connectivity index (χ1) is 11.1. The first kappa shape index (κ1) is 15.6. The standard InChI is InChI=1S/C16H22N6O/c1-11(2)22-15(19-20-21-22)12-6-5-7-13(10-12)18-16(23)14-8-3-4-9-17-14/h5-7,10-11,14,17H,3-4,8-9H2,1-2H3,(H,18,23). The van der Waals surface area contributed by atoms with E-state index in [1.807, 2.05) is 38.1 Å². The van der Waals surface area contributed by atoms with Gasteiger partial charge in [0.1, 0.15) is 0 Å². The number of carbonyl (C=O) groups excluding carboxylic acids is 1. The summed E-state index contributed by atoms with van der Waals surface area (Å²) >= 11 is 0. The number of rotatable bonds is 4. The van der Waals surface area contributed by atoms with Crippen LogP contribution in [0.25, 0.3) is 11.4 Å². The SMILES string of the molecule is CC(C)n1nnnc1-c1cccc(NC(=O)C2CCCCN2)c1. The van der Waals surface area contributed by atoms with Crippen LogP contribution in [0.2, 0.25) is 0 Å². The van der Waals surface area contributed by atoms with Crippen LogP contribution in [0.1, 0.15) is 39.2 Å². The average Bonchev–Trinajstić information content (AvgIpc) is 3.06. The zero-order valence-electron chi connectivity index (χ0n) is 13.5. The number of anilines is 1. The summed E-state index contributed by atoms with van der Waals surface area (Å²) in [6, 6.07) is 7.70. The first-order valence-corrected chi connectivity index (χ1v) is 8.07. The summed E-state index contributed by atoms with van der Waals surface area (Å²) in [5.41, 5.74) is 1.65. The summed E-state index contributed by atoms with van der Waals surface area (Å²) in [4.78, 5) is 12.3. The quantitative estimate of drug-likeness (QED) is 0.901. The molecule has 1 aromatic heterocycles. The lowest BCUT2D eigenvalue weighted by Crippen LogP contribution is -2.43. The third-order valence-electron chi connectivity index (χ3n) is 4.00. The molecule has 1 saturated heterocycles. The minimum absolute atomic E-state index is 0.0188. The molecule has 0 bridgehead atoms.